The van der Waals surface area contributed by atoms with Crippen LogP contribution >= 0.6 is 15.9 Å². The monoisotopic (exact) mass is 333 g/mol. The van der Waals surface area contributed by atoms with Crippen molar-refractivity contribution in [2.45, 2.75) is 13.5 Å². The first-order valence-corrected chi connectivity index (χ1v) is 7.06. The van der Waals surface area contributed by atoms with Crippen LogP contribution in [0.4, 0.5) is 5.69 Å². The highest BCUT2D eigenvalue weighted by Gasteiger charge is 2.13. The zero-order valence-electron chi connectivity index (χ0n) is 11.4. The maximum absolute atomic E-state index is 11.4. The van der Waals surface area contributed by atoms with Crippen LogP contribution in [0.3, 0.4) is 0 Å². The van der Waals surface area contributed by atoms with Crippen molar-refractivity contribution < 1.29 is 9.90 Å². The Bertz CT molecular complexity index is 640. The van der Waals surface area contributed by atoms with Crippen molar-refractivity contribution in [2.24, 2.45) is 0 Å². The number of carboxylic acids is 1. The number of anilines is 1. The van der Waals surface area contributed by atoms with Gasteiger partial charge in [0.05, 0.1) is 11.3 Å². The SMILES string of the molecule is Cc1ccc(N(C)Cc2cccc(Br)c2)c(C(=O)O)c1. The molecule has 0 aliphatic carbocycles. The number of carboxylic acid groups (broad SMARTS) is 1. The van der Waals surface area contributed by atoms with Crippen LogP contribution in [-0.4, -0.2) is 18.1 Å². The van der Waals surface area contributed by atoms with Gasteiger partial charge in [0.1, 0.15) is 0 Å². The molecule has 0 radical (unpaired) electrons. The maximum Gasteiger partial charge on any atom is 0.337 e. The standard InChI is InChI=1S/C16H16BrNO2/c1-11-6-7-15(14(8-11)16(19)20)18(2)10-12-4-3-5-13(17)9-12/h3-9H,10H2,1-2H3,(H,19,20). The Labute approximate surface area is 127 Å². The summed E-state index contributed by atoms with van der Waals surface area (Å²) in [5, 5.41) is 9.32. The van der Waals surface area contributed by atoms with Gasteiger partial charge in [0.25, 0.3) is 0 Å². The molecule has 0 amide bonds. The molecule has 20 heavy (non-hydrogen) atoms. The minimum atomic E-state index is -0.898. The molecule has 2 aromatic carbocycles. The molecule has 0 aliphatic rings. The zero-order chi connectivity index (χ0) is 14.7. The third-order valence-corrected chi connectivity index (χ3v) is 3.60. The molecule has 2 aromatic rings. The number of halogens is 1. The van der Waals surface area contributed by atoms with E-state index < -0.39 is 5.97 Å². The minimum Gasteiger partial charge on any atom is -0.478 e. The summed E-state index contributed by atoms with van der Waals surface area (Å²) in [4.78, 5) is 13.3. The number of rotatable bonds is 4. The Morgan fingerprint density at radius 3 is 2.65 bits per heavy atom. The number of benzene rings is 2. The third kappa shape index (κ3) is 3.39. The van der Waals surface area contributed by atoms with Gasteiger partial charge in [-0.25, -0.2) is 4.79 Å². The number of hydrogen-bond donors (Lipinski definition) is 1. The second-order valence-corrected chi connectivity index (χ2v) is 5.73. The smallest absolute Gasteiger partial charge is 0.337 e. The van der Waals surface area contributed by atoms with E-state index in [0.29, 0.717) is 12.1 Å². The molecule has 4 heteroatoms. The van der Waals surface area contributed by atoms with Crippen LogP contribution in [0.1, 0.15) is 21.5 Å². The van der Waals surface area contributed by atoms with E-state index >= 15 is 0 Å². The molecule has 0 bridgehead atoms. The Hall–Kier alpha value is -1.81. The Morgan fingerprint density at radius 1 is 1.25 bits per heavy atom. The molecule has 0 aliphatic heterocycles. The van der Waals surface area contributed by atoms with Crippen molar-refractivity contribution in [2.75, 3.05) is 11.9 Å². The molecule has 0 fully saturated rings. The lowest BCUT2D eigenvalue weighted by atomic mass is 10.1. The van der Waals surface area contributed by atoms with Crippen LogP contribution in [0.15, 0.2) is 46.9 Å². The molecule has 0 aromatic heterocycles. The summed E-state index contributed by atoms with van der Waals surface area (Å²) in [7, 11) is 1.90. The fraction of sp³-hybridized carbons (Fsp3) is 0.188. The van der Waals surface area contributed by atoms with Gasteiger partial charge >= 0.3 is 5.97 Å². The van der Waals surface area contributed by atoms with E-state index in [4.69, 9.17) is 0 Å². The average Bonchev–Trinajstić information content (AvgIpc) is 2.38. The van der Waals surface area contributed by atoms with E-state index in [1.807, 2.05) is 55.3 Å². The summed E-state index contributed by atoms with van der Waals surface area (Å²) in [6.07, 6.45) is 0. The van der Waals surface area contributed by atoms with Crippen molar-refractivity contribution in [3.63, 3.8) is 0 Å². The normalized spacial score (nSPS) is 10.3. The van der Waals surface area contributed by atoms with Crippen LogP contribution in [0, 0.1) is 6.92 Å². The lowest BCUT2D eigenvalue weighted by molar-refractivity contribution is 0.0697. The molecule has 0 heterocycles. The first kappa shape index (κ1) is 14.6. The van der Waals surface area contributed by atoms with Crippen molar-refractivity contribution in [1.29, 1.82) is 0 Å². The molecule has 0 atom stereocenters. The topological polar surface area (TPSA) is 40.5 Å². The van der Waals surface area contributed by atoms with Crippen LogP contribution in [0.5, 0.6) is 0 Å². The van der Waals surface area contributed by atoms with Crippen molar-refractivity contribution >= 4 is 27.6 Å². The van der Waals surface area contributed by atoms with E-state index in [1.165, 1.54) is 0 Å². The van der Waals surface area contributed by atoms with Gasteiger partial charge in [-0.1, -0.05) is 39.7 Å². The summed E-state index contributed by atoms with van der Waals surface area (Å²) >= 11 is 3.44. The lowest BCUT2D eigenvalue weighted by Gasteiger charge is -2.21. The summed E-state index contributed by atoms with van der Waals surface area (Å²) in [6, 6.07) is 13.5. The Morgan fingerprint density at radius 2 is 2.00 bits per heavy atom. The average molecular weight is 334 g/mol. The van der Waals surface area contributed by atoms with Crippen molar-refractivity contribution in [1.82, 2.24) is 0 Å². The van der Waals surface area contributed by atoms with Crippen molar-refractivity contribution in [3.05, 3.63) is 63.6 Å². The van der Waals surface area contributed by atoms with E-state index in [1.54, 1.807) is 6.07 Å². The van der Waals surface area contributed by atoms with Crippen LogP contribution in [-0.2, 0) is 6.54 Å². The first-order valence-electron chi connectivity index (χ1n) is 6.27. The molecule has 104 valence electrons. The molecule has 0 spiro atoms. The van der Waals surface area contributed by atoms with E-state index in [-0.39, 0.29) is 0 Å². The molecule has 0 saturated heterocycles. The number of aromatic carboxylic acids is 1. The highest BCUT2D eigenvalue weighted by Crippen LogP contribution is 2.23. The van der Waals surface area contributed by atoms with Crippen LogP contribution < -0.4 is 4.90 Å². The van der Waals surface area contributed by atoms with Crippen LogP contribution in [0.2, 0.25) is 0 Å². The second-order valence-electron chi connectivity index (χ2n) is 4.81. The van der Waals surface area contributed by atoms with E-state index in [0.717, 1.165) is 21.3 Å². The highest BCUT2D eigenvalue weighted by atomic mass is 79.9. The van der Waals surface area contributed by atoms with Gasteiger partial charge in [-0.15, -0.1) is 0 Å². The number of nitrogens with zero attached hydrogens (tertiary/aromatic N) is 1. The van der Waals surface area contributed by atoms with Crippen LogP contribution in [0.25, 0.3) is 0 Å². The molecular formula is C16H16BrNO2. The second kappa shape index (κ2) is 6.09. The number of hydrogen-bond acceptors (Lipinski definition) is 2. The number of carbonyl (C=O) groups is 1. The summed E-state index contributed by atoms with van der Waals surface area (Å²) < 4.78 is 1.02. The number of aryl methyl sites for hydroxylation is 1. The predicted octanol–water partition coefficient (Wildman–Crippen LogP) is 4.09. The molecular weight excluding hydrogens is 318 g/mol. The molecule has 1 N–H and O–H groups in total. The predicted molar refractivity (Wildman–Crippen MR) is 84.4 cm³/mol. The minimum absolute atomic E-state index is 0.336. The van der Waals surface area contributed by atoms with Gasteiger partial charge in [0.2, 0.25) is 0 Å². The Balaban J connectivity index is 2.29. The Kier molecular flexibility index (Phi) is 4.45. The largest absolute Gasteiger partial charge is 0.478 e. The lowest BCUT2D eigenvalue weighted by Crippen LogP contribution is -2.19. The van der Waals surface area contributed by atoms with Gasteiger partial charge in [-0.2, -0.15) is 0 Å². The maximum atomic E-state index is 11.4. The highest BCUT2D eigenvalue weighted by molar-refractivity contribution is 9.10. The first-order chi connectivity index (χ1) is 9.47. The van der Waals surface area contributed by atoms with Gasteiger partial charge < -0.3 is 10.0 Å². The van der Waals surface area contributed by atoms with Gasteiger partial charge in [0.15, 0.2) is 0 Å². The fourth-order valence-corrected chi connectivity index (χ4v) is 2.60. The van der Waals surface area contributed by atoms with E-state index in [9.17, 15) is 9.90 Å². The van der Waals surface area contributed by atoms with Gasteiger partial charge in [0, 0.05) is 18.1 Å². The summed E-state index contributed by atoms with van der Waals surface area (Å²) in [5.41, 5.74) is 3.13. The summed E-state index contributed by atoms with van der Waals surface area (Å²) in [5.74, 6) is -0.898. The van der Waals surface area contributed by atoms with Crippen molar-refractivity contribution in [3.8, 4) is 0 Å². The zero-order valence-corrected chi connectivity index (χ0v) is 13.0. The van der Waals surface area contributed by atoms with Gasteiger partial charge in [-0.3, -0.25) is 0 Å². The molecule has 0 saturated carbocycles. The van der Waals surface area contributed by atoms with E-state index in [2.05, 4.69) is 15.9 Å². The van der Waals surface area contributed by atoms with Gasteiger partial charge in [-0.05, 0) is 36.8 Å². The molecule has 3 nitrogen and oxygen atoms in total. The molecule has 2 rings (SSSR count). The quantitative estimate of drug-likeness (QED) is 0.915. The third-order valence-electron chi connectivity index (χ3n) is 3.10. The molecule has 0 unspecified atom stereocenters. The fourth-order valence-electron chi connectivity index (χ4n) is 2.15. The summed E-state index contributed by atoms with van der Waals surface area (Å²) in [6.45, 7) is 2.55.